The van der Waals surface area contributed by atoms with Crippen LogP contribution in [0.2, 0.25) is 5.02 Å². The second kappa shape index (κ2) is 7.67. The van der Waals surface area contributed by atoms with Crippen LogP contribution >= 0.6 is 11.6 Å². The number of aromatic amines is 1. The Morgan fingerprint density at radius 2 is 1.90 bits per heavy atom. The molecule has 0 radical (unpaired) electrons. The summed E-state index contributed by atoms with van der Waals surface area (Å²) in [5.41, 5.74) is 4.86. The number of aryl methyl sites for hydroxylation is 1. The van der Waals surface area contributed by atoms with Gasteiger partial charge in [-0.15, -0.1) is 0 Å². The van der Waals surface area contributed by atoms with Crippen LogP contribution in [-0.4, -0.2) is 57.2 Å². The van der Waals surface area contributed by atoms with Gasteiger partial charge < -0.3 is 9.80 Å². The number of hydrogen-bond acceptors (Lipinski definition) is 5. The van der Waals surface area contributed by atoms with Crippen molar-refractivity contribution in [2.24, 2.45) is 0 Å². The SMILES string of the molecule is C=CC(=O)N1CCN(c2ncnc3cc(-c4cc(C)cc5[nH]ncc45)c(Cl)cc23)CC1. The summed E-state index contributed by atoms with van der Waals surface area (Å²) in [6, 6.07) is 8.14. The van der Waals surface area contributed by atoms with E-state index in [1.807, 2.05) is 18.3 Å². The van der Waals surface area contributed by atoms with Crippen molar-refractivity contribution in [1.29, 1.82) is 0 Å². The Morgan fingerprint density at radius 1 is 1.10 bits per heavy atom. The first-order valence-electron chi connectivity index (χ1n) is 10.1. The second-order valence-corrected chi connectivity index (χ2v) is 8.11. The molecule has 0 saturated carbocycles. The van der Waals surface area contributed by atoms with E-state index in [0.29, 0.717) is 31.2 Å². The van der Waals surface area contributed by atoms with E-state index in [9.17, 15) is 4.79 Å². The molecule has 8 heteroatoms. The first kappa shape index (κ1) is 19.5. The fraction of sp³-hybridized carbons (Fsp3) is 0.217. The number of aromatic nitrogens is 4. The molecule has 3 heterocycles. The molecule has 1 aliphatic heterocycles. The Hall–Kier alpha value is -3.45. The van der Waals surface area contributed by atoms with Gasteiger partial charge in [-0.2, -0.15) is 5.10 Å². The number of carbonyl (C=O) groups is 1. The largest absolute Gasteiger partial charge is 0.352 e. The monoisotopic (exact) mass is 432 g/mol. The van der Waals surface area contributed by atoms with Crippen LogP contribution < -0.4 is 4.90 Å². The highest BCUT2D eigenvalue weighted by Crippen LogP contribution is 2.38. The second-order valence-electron chi connectivity index (χ2n) is 7.71. The predicted molar refractivity (Wildman–Crippen MR) is 123 cm³/mol. The van der Waals surface area contributed by atoms with Crippen molar-refractivity contribution in [3.63, 3.8) is 0 Å². The molecule has 7 nitrogen and oxygen atoms in total. The number of benzene rings is 2. The van der Waals surface area contributed by atoms with Gasteiger partial charge in [-0.3, -0.25) is 9.89 Å². The van der Waals surface area contributed by atoms with E-state index in [4.69, 9.17) is 11.6 Å². The average molecular weight is 433 g/mol. The van der Waals surface area contributed by atoms with E-state index in [2.05, 4.69) is 50.7 Å². The van der Waals surface area contributed by atoms with Crippen LogP contribution in [0, 0.1) is 6.92 Å². The number of amides is 1. The molecule has 0 bridgehead atoms. The number of nitrogens with zero attached hydrogens (tertiary/aromatic N) is 5. The maximum atomic E-state index is 11.9. The summed E-state index contributed by atoms with van der Waals surface area (Å²) in [4.78, 5) is 24.9. The molecule has 1 saturated heterocycles. The highest BCUT2D eigenvalue weighted by molar-refractivity contribution is 6.34. The number of nitrogens with one attached hydrogen (secondary N) is 1. The van der Waals surface area contributed by atoms with E-state index in [1.54, 1.807) is 11.2 Å². The maximum Gasteiger partial charge on any atom is 0.246 e. The van der Waals surface area contributed by atoms with Crippen LogP contribution in [0.25, 0.3) is 32.9 Å². The lowest BCUT2D eigenvalue weighted by atomic mass is 9.98. The number of fused-ring (bicyclic) bond motifs is 2. The van der Waals surface area contributed by atoms with Gasteiger partial charge in [-0.05, 0) is 42.3 Å². The highest BCUT2D eigenvalue weighted by Gasteiger charge is 2.22. The molecule has 31 heavy (non-hydrogen) atoms. The van der Waals surface area contributed by atoms with Gasteiger partial charge in [0.2, 0.25) is 5.91 Å². The smallest absolute Gasteiger partial charge is 0.246 e. The molecule has 5 rings (SSSR count). The van der Waals surface area contributed by atoms with Crippen LogP contribution in [0.3, 0.4) is 0 Å². The van der Waals surface area contributed by atoms with E-state index < -0.39 is 0 Å². The van der Waals surface area contributed by atoms with Crippen molar-refractivity contribution >= 4 is 45.1 Å². The van der Waals surface area contributed by atoms with Gasteiger partial charge in [-0.1, -0.05) is 24.2 Å². The van der Waals surface area contributed by atoms with Gasteiger partial charge in [-0.25, -0.2) is 9.97 Å². The summed E-state index contributed by atoms with van der Waals surface area (Å²) in [6.07, 6.45) is 4.76. The standard InChI is InChI=1S/C23H21ClN6O/c1-3-22(31)29-4-6-30(7-5-29)23-17-10-19(24)16(11-20(17)25-13-26-23)15-8-14(2)9-21-18(15)12-27-28-21/h3,8-13H,1,4-7H2,2H3,(H,27,28). The van der Waals surface area contributed by atoms with Gasteiger partial charge >= 0.3 is 0 Å². The van der Waals surface area contributed by atoms with Gasteiger partial charge in [0.1, 0.15) is 12.1 Å². The van der Waals surface area contributed by atoms with Crippen LogP contribution in [-0.2, 0) is 4.79 Å². The Bertz CT molecular complexity index is 1320. The summed E-state index contributed by atoms with van der Waals surface area (Å²) in [6.45, 7) is 8.27. The molecule has 156 valence electrons. The number of hydrogen-bond donors (Lipinski definition) is 1. The zero-order valence-corrected chi connectivity index (χ0v) is 17.9. The lowest BCUT2D eigenvalue weighted by molar-refractivity contribution is -0.126. The fourth-order valence-electron chi connectivity index (χ4n) is 4.21. The Morgan fingerprint density at radius 3 is 2.68 bits per heavy atom. The molecule has 4 aromatic rings. The van der Waals surface area contributed by atoms with Crippen LogP contribution in [0.4, 0.5) is 5.82 Å². The van der Waals surface area contributed by atoms with Gasteiger partial charge in [0, 0.05) is 47.5 Å². The lowest BCUT2D eigenvalue weighted by Gasteiger charge is -2.35. The third-order valence-electron chi connectivity index (χ3n) is 5.76. The molecular formula is C23H21ClN6O. The molecule has 0 spiro atoms. The first-order valence-corrected chi connectivity index (χ1v) is 10.5. The van der Waals surface area contributed by atoms with E-state index >= 15 is 0 Å². The first-order chi connectivity index (χ1) is 15.0. The van der Waals surface area contributed by atoms with Crippen molar-refractivity contribution in [2.75, 3.05) is 31.1 Å². The van der Waals surface area contributed by atoms with Crippen molar-refractivity contribution in [2.45, 2.75) is 6.92 Å². The lowest BCUT2D eigenvalue weighted by Crippen LogP contribution is -2.48. The van der Waals surface area contributed by atoms with Crippen molar-refractivity contribution in [3.8, 4) is 11.1 Å². The third kappa shape index (κ3) is 3.41. The number of anilines is 1. The van der Waals surface area contributed by atoms with Gasteiger partial charge in [0.15, 0.2) is 0 Å². The molecule has 0 aliphatic carbocycles. The summed E-state index contributed by atoms with van der Waals surface area (Å²) in [7, 11) is 0. The minimum atomic E-state index is -0.0383. The number of carbonyl (C=O) groups excluding carboxylic acids is 1. The predicted octanol–water partition coefficient (Wildman–Crippen LogP) is 3.97. The Balaban J connectivity index is 1.56. The number of piperazine rings is 1. The molecule has 0 atom stereocenters. The van der Waals surface area contributed by atoms with E-state index in [-0.39, 0.29) is 5.91 Å². The summed E-state index contributed by atoms with van der Waals surface area (Å²) < 4.78 is 0. The molecule has 2 aromatic carbocycles. The summed E-state index contributed by atoms with van der Waals surface area (Å²) >= 11 is 6.78. The number of H-pyrrole nitrogens is 1. The Kier molecular flexibility index (Phi) is 4.82. The van der Waals surface area contributed by atoms with Crippen molar-refractivity contribution in [1.82, 2.24) is 25.1 Å². The average Bonchev–Trinajstić information content (AvgIpc) is 3.26. The topological polar surface area (TPSA) is 78.0 Å². The van der Waals surface area contributed by atoms with Crippen LogP contribution in [0.5, 0.6) is 0 Å². The minimum absolute atomic E-state index is 0.0383. The normalized spacial score (nSPS) is 14.4. The summed E-state index contributed by atoms with van der Waals surface area (Å²) in [5.74, 6) is 0.797. The van der Waals surface area contributed by atoms with Crippen molar-refractivity contribution in [3.05, 3.63) is 60.0 Å². The zero-order chi connectivity index (χ0) is 21.5. The zero-order valence-electron chi connectivity index (χ0n) is 17.1. The third-order valence-corrected chi connectivity index (χ3v) is 6.07. The molecule has 1 fully saturated rings. The van der Waals surface area contributed by atoms with Gasteiger partial charge in [0.05, 0.1) is 17.2 Å². The van der Waals surface area contributed by atoms with Crippen LogP contribution in [0.15, 0.2) is 49.4 Å². The Labute approximate surface area is 184 Å². The van der Waals surface area contributed by atoms with E-state index in [0.717, 1.165) is 44.3 Å². The molecule has 1 amide bonds. The molecule has 1 aliphatic rings. The quantitative estimate of drug-likeness (QED) is 0.495. The molecule has 2 aromatic heterocycles. The highest BCUT2D eigenvalue weighted by atomic mass is 35.5. The minimum Gasteiger partial charge on any atom is -0.352 e. The number of rotatable bonds is 3. The molecular weight excluding hydrogens is 412 g/mol. The molecule has 1 N–H and O–H groups in total. The van der Waals surface area contributed by atoms with Gasteiger partial charge in [0.25, 0.3) is 0 Å². The fourth-order valence-corrected chi connectivity index (χ4v) is 4.47. The summed E-state index contributed by atoms with van der Waals surface area (Å²) in [5, 5.41) is 9.77. The molecule has 0 unspecified atom stereocenters. The number of halogens is 1. The maximum absolute atomic E-state index is 11.9. The van der Waals surface area contributed by atoms with E-state index in [1.165, 1.54) is 6.08 Å². The van der Waals surface area contributed by atoms with Crippen LogP contribution in [0.1, 0.15) is 5.56 Å². The van der Waals surface area contributed by atoms with Crippen molar-refractivity contribution < 1.29 is 4.79 Å².